The van der Waals surface area contributed by atoms with E-state index in [1.54, 1.807) is 0 Å². The van der Waals surface area contributed by atoms with E-state index >= 15 is 0 Å². The van der Waals surface area contributed by atoms with Gasteiger partial charge < -0.3 is 5.32 Å². The molecule has 1 unspecified atom stereocenters. The second-order valence-electron chi connectivity index (χ2n) is 5.34. The zero-order chi connectivity index (χ0) is 14.0. The van der Waals surface area contributed by atoms with Gasteiger partial charge in [0.1, 0.15) is 0 Å². The first-order valence-electron chi connectivity index (χ1n) is 7.22. The van der Waals surface area contributed by atoms with E-state index in [2.05, 4.69) is 51.8 Å². The van der Waals surface area contributed by atoms with E-state index in [4.69, 9.17) is 0 Å². The van der Waals surface area contributed by atoms with Gasteiger partial charge in [-0.2, -0.15) is 0 Å². The van der Waals surface area contributed by atoms with Gasteiger partial charge in [0.25, 0.3) is 0 Å². The molecular formula is C14H32N2S2. The molecular weight excluding hydrogens is 260 g/mol. The molecule has 110 valence electrons. The maximum atomic E-state index is 3.45. The van der Waals surface area contributed by atoms with Crippen LogP contribution in [0.4, 0.5) is 0 Å². The summed E-state index contributed by atoms with van der Waals surface area (Å²) in [5.41, 5.74) is 0. The summed E-state index contributed by atoms with van der Waals surface area (Å²) in [6.07, 6.45) is 1.24. The summed E-state index contributed by atoms with van der Waals surface area (Å²) in [6.45, 7) is 15.9. The fraction of sp³-hybridized carbons (Fsp3) is 1.00. The molecule has 0 aliphatic carbocycles. The van der Waals surface area contributed by atoms with Crippen molar-refractivity contribution in [2.75, 3.05) is 24.6 Å². The van der Waals surface area contributed by atoms with Crippen molar-refractivity contribution in [3.8, 4) is 0 Å². The Morgan fingerprint density at radius 1 is 1.00 bits per heavy atom. The predicted molar refractivity (Wildman–Crippen MR) is 89.6 cm³/mol. The Morgan fingerprint density at radius 3 is 2.11 bits per heavy atom. The number of hydrogen-bond acceptors (Lipinski definition) is 4. The summed E-state index contributed by atoms with van der Waals surface area (Å²) in [4.78, 5) is 2.61. The third-order valence-corrected chi connectivity index (χ3v) is 5.46. The number of hydrogen-bond donors (Lipinski definition) is 1. The van der Waals surface area contributed by atoms with Crippen LogP contribution >= 0.6 is 21.6 Å². The lowest BCUT2D eigenvalue weighted by molar-refractivity contribution is 0.171. The lowest BCUT2D eigenvalue weighted by Gasteiger charge is -2.31. The SMILES string of the molecule is CCC(C)N(CCSSCCNC(C)C)C(C)C. The molecule has 4 heteroatoms. The molecule has 0 heterocycles. The largest absolute Gasteiger partial charge is 0.314 e. The minimum absolute atomic E-state index is 0.609. The third kappa shape index (κ3) is 9.54. The van der Waals surface area contributed by atoms with E-state index < -0.39 is 0 Å². The molecule has 0 amide bonds. The van der Waals surface area contributed by atoms with Gasteiger partial charge in [0.15, 0.2) is 0 Å². The predicted octanol–water partition coefficient (Wildman–Crippen LogP) is 3.87. The lowest BCUT2D eigenvalue weighted by Crippen LogP contribution is -2.39. The second-order valence-corrected chi connectivity index (χ2v) is 8.04. The fourth-order valence-corrected chi connectivity index (χ4v) is 3.77. The molecule has 0 aromatic heterocycles. The average molecular weight is 293 g/mol. The van der Waals surface area contributed by atoms with Gasteiger partial charge in [0, 0.05) is 42.7 Å². The van der Waals surface area contributed by atoms with Gasteiger partial charge in [-0.1, -0.05) is 42.4 Å². The molecule has 0 fully saturated rings. The van der Waals surface area contributed by atoms with Crippen LogP contribution in [0.5, 0.6) is 0 Å². The summed E-state index contributed by atoms with van der Waals surface area (Å²) in [6, 6.07) is 1.98. The highest BCUT2D eigenvalue weighted by Gasteiger charge is 2.14. The maximum Gasteiger partial charge on any atom is 0.0165 e. The van der Waals surface area contributed by atoms with Crippen LogP contribution in [0.15, 0.2) is 0 Å². The number of nitrogens with zero attached hydrogens (tertiary/aromatic N) is 1. The van der Waals surface area contributed by atoms with Crippen LogP contribution in [0.2, 0.25) is 0 Å². The van der Waals surface area contributed by atoms with Crippen molar-refractivity contribution in [1.82, 2.24) is 10.2 Å². The van der Waals surface area contributed by atoms with Crippen LogP contribution in [-0.4, -0.2) is 47.6 Å². The molecule has 0 aliphatic rings. The van der Waals surface area contributed by atoms with Crippen molar-refractivity contribution in [2.24, 2.45) is 0 Å². The Labute approximate surface area is 122 Å². The van der Waals surface area contributed by atoms with Crippen LogP contribution in [0.25, 0.3) is 0 Å². The van der Waals surface area contributed by atoms with Crippen molar-refractivity contribution in [1.29, 1.82) is 0 Å². The summed E-state index contributed by atoms with van der Waals surface area (Å²) >= 11 is 0. The maximum absolute atomic E-state index is 3.45. The first kappa shape index (κ1) is 18.6. The Kier molecular flexibility index (Phi) is 11.8. The topological polar surface area (TPSA) is 15.3 Å². The van der Waals surface area contributed by atoms with Crippen LogP contribution in [-0.2, 0) is 0 Å². The fourth-order valence-electron chi connectivity index (χ4n) is 1.87. The minimum Gasteiger partial charge on any atom is -0.314 e. The van der Waals surface area contributed by atoms with Gasteiger partial charge in [-0.05, 0) is 27.2 Å². The summed E-state index contributed by atoms with van der Waals surface area (Å²) in [5, 5.41) is 3.45. The smallest absolute Gasteiger partial charge is 0.0165 e. The quantitative estimate of drug-likeness (QED) is 0.459. The van der Waals surface area contributed by atoms with E-state index in [0.29, 0.717) is 18.1 Å². The van der Waals surface area contributed by atoms with Gasteiger partial charge in [-0.25, -0.2) is 0 Å². The average Bonchev–Trinajstić information content (AvgIpc) is 2.31. The van der Waals surface area contributed by atoms with Crippen molar-refractivity contribution < 1.29 is 0 Å². The standard InChI is InChI=1S/C14H32N2S2/c1-7-14(6)16(13(4)5)9-11-18-17-10-8-15-12(2)3/h12-15H,7-11H2,1-6H3. The minimum atomic E-state index is 0.609. The molecule has 2 nitrogen and oxygen atoms in total. The first-order chi connectivity index (χ1) is 8.49. The van der Waals surface area contributed by atoms with Crippen LogP contribution in [0, 0.1) is 0 Å². The van der Waals surface area contributed by atoms with E-state index in [0.717, 1.165) is 6.54 Å². The van der Waals surface area contributed by atoms with E-state index in [-0.39, 0.29) is 0 Å². The van der Waals surface area contributed by atoms with Gasteiger partial charge in [-0.15, -0.1) is 0 Å². The highest BCUT2D eigenvalue weighted by Crippen LogP contribution is 2.21. The zero-order valence-electron chi connectivity index (χ0n) is 13.0. The molecule has 0 rings (SSSR count). The zero-order valence-corrected chi connectivity index (χ0v) is 14.7. The number of nitrogens with one attached hydrogen (secondary N) is 1. The summed E-state index contributed by atoms with van der Waals surface area (Å²) < 4.78 is 0. The van der Waals surface area contributed by atoms with Crippen molar-refractivity contribution >= 4 is 21.6 Å². The molecule has 0 aromatic rings. The van der Waals surface area contributed by atoms with Crippen LogP contribution in [0.1, 0.15) is 48.0 Å². The van der Waals surface area contributed by atoms with Crippen molar-refractivity contribution in [3.05, 3.63) is 0 Å². The molecule has 1 N–H and O–H groups in total. The highest BCUT2D eigenvalue weighted by atomic mass is 33.1. The molecule has 0 saturated carbocycles. The molecule has 0 aromatic carbocycles. The lowest BCUT2D eigenvalue weighted by atomic mass is 10.2. The second kappa shape index (κ2) is 11.4. The van der Waals surface area contributed by atoms with Crippen molar-refractivity contribution in [2.45, 2.75) is 66.1 Å². The normalized spacial score (nSPS) is 13.8. The highest BCUT2D eigenvalue weighted by molar-refractivity contribution is 8.76. The third-order valence-electron chi connectivity index (χ3n) is 3.07. The van der Waals surface area contributed by atoms with Gasteiger partial charge in [-0.3, -0.25) is 4.90 Å². The molecule has 0 radical (unpaired) electrons. The number of rotatable bonds is 11. The molecule has 0 spiro atoms. The summed E-state index contributed by atoms with van der Waals surface area (Å²) in [5.74, 6) is 2.43. The van der Waals surface area contributed by atoms with Gasteiger partial charge >= 0.3 is 0 Å². The van der Waals surface area contributed by atoms with Gasteiger partial charge in [0.05, 0.1) is 0 Å². The monoisotopic (exact) mass is 292 g/mol. The Morgan fingerprint density at radius 2 is 1.61 bits per heavy atom. The summed E-state index contributed by atoms with van der Waals surface area (Å²) in [7, 11) is 4.01. The van der Waals surface area contributed by atoms with Crippen LogP contribution in [0.3, 0.4) is 0 Å². The Balaban J connectivity index is 3.56. The van der Waals surface area contributed by atoms with E-state index in [1.807, 2.05) is 21.6 Å². The van der Waals surface area contributed by atoms with Crippen LogP contribution < -0.4 is 5.32 Å². The first-order valence-corrected chi connectivity index (χ1v) is 9.71. The molecule has 0 aliphatic heterocycles. The Hall–Kier alpha value is 0.620. The molecule has 0 saturated heterocycles. The molecule has 18 heavy (non-hydrogen) atoms. The van der Waals surface area contributed by atoms with Crippen molar-refractivity contribution in [3.63, 3.8) is 0 Å². The Bertz CT molecular complexity index is 187. The van der Waals surface area contributed by atoms with E-state index in [9.17, 15) is 0 Å². The van der Waals surface area contributed by atoms with Gasteiger partial charge in [0.2, 0.25) is 0 Å². The van der Waals surface area contributed by atoms with E-state index in [1.165, 1.54) is 24.5 Å². The molecule has 1 atom stereocenters. The molecule has 0 bridgehead atoms.